The average molecular weight is 418 g/mol. The Kier molecular flexibility index (Phi) is 7.71. The van der Waals surface area contributed by atoms with Crippen LogP contribution in [0.4, 0.5) is 5.69 Å². The third kappa shape index (κ3) is 6.37. The van der Waals surface area contributed by atoms with E-state index in [0.717, 1.165) is 34.9 Å². The SMILES string of the molecule is CCc1cccc(OC(=Nc2ccc(OC)cc2)/C(C)=C/Oc2ccc(OC)cc2)c1. The van der Waals surface area contributed by atoms with Gasteiger partial charge in [0.15, 0.2) is 0 Å². The van der Waals surface area contributed by atoms with Crippen LogP contribution in [0.2, 0.25) is 0 Å². The van der Waals surface area contributed by atoms with Crippen molar-refractivity contribution in [1.29, 1.82) is 0 Å². The van der Waals surface area contributed by atoms with Gasteiger partial charge in [0.1, 0.15) is 23.0 Å². The first-order valence-electron chi connectivity index (χ1n) is 10.1. The third-order valence-corrected chi connectivity index (χ3v) is 4.59. The zero-order valence-corrected chi connectivity index (χ0v) is 18.3. The largest absolute Gasteiger partial charge is 0.497 e. The molecule has 0 saturated carbocycles. The van der Waals surface area contributed by atoms with Crippen molar-refractivity contribution < 1.29 is 18.9 Å². The van der Waals surface area contributed by atoms with Gasteiger partial charge in [-0.25, -0.2) is 4.99 Å². The van der Waals surface area contributed by atoms with Gasteiger partial charge in [-0.3, -0.25) is 0 Å². The molecule has 0 atom stereocenters. The van der Waals surface area contributed by atoms with Gasteiger partial charge in [0, 0.05) is 5.57 Å². The Labute approximate surface area is 183 Å². The van der Waals surface area contributed by atoms with Crippen LogP contribution in [0.15, 0.2) is 89.6 Å². The number of benzene rings is 3. The number of nitrogens with zero attached hydrogens (tertiary/aromatic N) is 1. The highest BCUT2D eigenvalue weighted by Gasteiger charge is 2.09. The lowest BCUT2D eigenvalue weighted by atomic mass is 10.2. The summed E-state index contributed by atoms with van der Waals surface area (Å²) in [5.41, 5.74) is 2.69. The summed E-state index contributed by atoms with van der Waals surface area (Å²) in [5, 5.41) is 0. The Morgan fingerprint density at radius 2 is 1.42 bits per heavy atom. The van der Waals surface area contributed by atoms with E-state index in [2.05, 4.69) is 13.0 Å². The highest BCUT2D eigenvalue weighted by molar-refractivity contribution is 5.96. The van der Waals surface area contributed by atoms with Gasteiger partial charge in [-0.05, 0) is 79.6 Å². The fourth-order valence-electron chi connectivity index (χ4n) is 2.77. The van der Waals surface area contributed by atoms with Crippen molar-refractivity contribution in [2.24, 2.45) is 4.99 Å². The molecule has 3 aromatic carbocycles. The monoisotopic (exact) mass is 417 g/mol. The Balaban J connectivity index is 1.87. The average Bonchev–Trinajstić information content (AvgIpc) is 2.83. The lowest BCUT2D eigenvalue weighted by molar-refractivity contribution is 0.412. The van der Waals surface area contributed by atoms with Crippen LogP contribution in [0, 0.1) is 0 Å². The Morgan fingerprint density at radius 1 is 0.806 bits per heavy atom. The lowest BCUT2D eigenvalue weighted by Gasteiger charge is -2.11. The van der Waals surface area contributed by atoms with E-state index in [1.54, 1.807) is 20.5 Å². The first kappa shape index (κ1) is 22.0. The molecule has 0 unspecified atom stereocenters. The maximum atomic E-state index is 6.15. The number of rotatable bonds is 8. The molecule has 0 aliphatic rings. The molecule has 0 fully saturated rings. The second-order valence-corrected chi connectivity index (χ2v) is 6.81. The number of ether oxygens (including phenoxy) is 4. The Morgan fingerprint density at radius 3 is 2.03 bits per heavy atom. The van der Waals surface area contributed by atoms with E-state index in [-0.39, 0.29) is 0 Å². The van der Waals surface area contributed by atoms with Crippen LogP contribution in [0.25, 0.3) is 0 Å². The fraction of sp³-hybridized carbons (Fsp3) is 0.192. The molecule has 0 radical (unpaired) electrons. The fourth-order valence-corrected chi connectivity index (χ4v) is 2.77. The summed E-state index contributed by atoms with van der Waals surface area (Å²) in [6, 6.07) is 22.8. The summed E-state index contributed by atoms with van der Waals surface area (Å²) >= 11 is 0. The molecular weight excluding hydrogens is 390 g/mol. The van der Waals surface area contributed by atoms with Crippen molar-refractivity contribution in [1.82, 2.24) is 0 Å². The summed E-state index contributed by atoms with van der Waals surface area (Å²) in [6.07, 6.45) is 2.56. The summed E-state index contributed by atoms with van der Waals surface area (Å²) in [6.45, 7) is 4.01. The van der Waals surface area contributed by atoms with Gasteiger partial charge in [0.25, 0.3) is 0 Å². The highest BCUT2D eigenvalue weighted by atomic mass is 16.5. The van der Waals surface area contributed by atoms with Crippen LogP contribution in [0.5, 0.6) is 23.0 Å². The van der Waals surface area contributed by atoms with Crippen LogP contribution in [-0.2, 0) is 6.42 Å². The molecule has 31 heavy (non-hydrogen) atoms. The first-order valence-corrected chi connectivity index (χ1v) is 10.1. The van der Waals surface area contributed by atoms with Gasteiger partial charge in [-0.15, -0.1) is 0 Å². The van der Waals surface area contributed by atoms with Crippen LogP contribution >= 0.6 is 0 Å². The summed E-state index contributed by atoms with van der Waals surface area (Å²) < 4.78 is 22.4. The molecule has 3 aromatic rings. The molecule has 160 valence electrons. The zero-order chi connectivity index (χ0) is 22.1. The molecular formula is C26H27NO4. The third-order valence-electron chi connectivity index (χ3n) is 4.59. The van der Waals surface area contributed by atoms with Gasteiger partial charge in [-0.2, -0.15) is 0 Å². The van der Waals surface area contributed by atoms with Crippen molar-refractivity contribution in [2.45, 2.75) is 20.3 Å². The number of aliphatic imine (C=N–C) groups is 1. The first-order chi connectivity index (χ1) is 15.1. The molecule has 0 aliphatic carbocycles. The van der Waals surface area contributed by atoms with Crippen LogP contribution in [0.1, 0.15) is 19.4 Å². The lowest BCUT2D eigenvalue weighted by Crippen LogP contribution is -2.11. The number of hydrogen-bond acceptors (Lipinski definition) is 5. The van der Waals surface area contributed by atoms with Crippen LogP contribution < -0.4 is 18.9 Å². The molecule has 0 amide bonds. The Hall–Kier alpha value is -3.73. The van der Waals surface area contributed by atoms with Crippen molar-refractivity contribution in [3.63, 3.8) is 0 Å². The van der Waals surface area contributed by atoms with E-state index < -0.39 is 0 Å². The molecule has 0 aliphatic heterocycles. The van der Waals surface area contributed by atoms with E-state index in [9.17, 15) is 0 Å². The minimum atomic E-state index is 0.451. The van der Waals surface area contributed by atoms with E-state index in [0.29, 0.717) is 11.6 Å². The quantitative estimate of drug-likeness (QED) is 0.243. The highest BCUT2D eigenvalue weighted by Crippen LogP contribution is 2.22. The molecule has 5 nitrogen and oxygen atoms in total. The van der Waals surface area contributed by atoms with Crippen molar-refractivity contribution in [3.05, 3.63) is 90.2 Å². The molecule has 0 aromatic heterocycles. The van der Waals surface area contributed by atoms with Gasteiger partial charge in [-0.1, -0.05) is 19.1 Å². The zero-order valence-electron chi connectivity index (χ0n) is 18.3. The molecule has 0 heterocycles. The standard InChI is InChI=1S/C26H27NO4/c1-5-20-7-6-8-25(17-20)31-26(27-21-9-11-22(28-3)12-10-21)19(2)18-30-24-15-13-23(29-4)14-16-24/h6-18H,5H2,1-4H3/b19-18+,27-26?. The van der Waals surface area contributed by atoms with Gasteiger partial charge in [0.05, 0.1) is 26.2 Å². The molecule has 0 spiro atoms. The predicted octanol–water partition coefficient (Wildman–Crippen LogP) is 6.36. The summed E-state index contributed by atoms with van der Waals surface area (Å²) in [5.74, 6) is 3.41. The van der Waals surface area contributed by atoms with Crippen molar-refractivity contribution >= 4 is 11.6 Å². The second-order valence-electron chi connectivity index (χ2n) is 6.81. The molecule has 0 bridgehead atoms. The maximum absolute atomic E-state index is 6.15. The second kappa shape index (κ2) is 10.9. The van der Waals surface area contributed by atoms with Crippen LogP contribution in [0.3, 0.4) is 0 Å². The predicted molar refractivity (Wildman–Crippen MR) is 124 cm³/mol. The maximum Gasteiger partial charge on any atom is 0.225 e. The van der Waals surface area contributed by atoms with E-state index in [1.807, 2.05) is 73.7 Å². The van der Waals surface area contributed by atoms with E-state index >= 15 is 0 Å². The van der Waals surface area contributed by atoms with Gasteiger partial charge < -0.3 is 18.9 Å². The normalized spacial score (nSPS) is 11.7. The minimum Gasteiger partial charge on any atom is -0.497 e. The Bertz CT molecular complexity index is 1040. The number of aryl methyl sites for hydroxylation is 1. The van der Waals surface area contributed by atoms with E-state index in [1.165, 1.54) is 5.56 Å². The summed E-state index contributed by atoms with van der Waals surface area (Å²) in [4.78, 5) is 4.69. The van der Waals surface area contributed by atoms with E-state index in [4.69, 9.17) is 23.9 Å². The van der Waals surface area contributed by atoms with Gasteiger partial charge >= 0.3 is 0 Å². The molecule has 0 saturated heterocycles. The molecule has 5 heteroatoms. The minimum absolute atomic E-state index is 0.451. The van der Waals surface area contributed by atoms with Crippen LogP contribution in [-0.4, -0.2) is 20.1 Å². The summed E-state index contributed by atoms with van der Waals surface area (Å²) in [7, 11) is 3.27. The van der Waals surface area contributed by atoms with Crippen molar-refractivity contribution in [2.75, 3.05) is 14.2 Å². The topological polar surface area (TPSA) is 49.3 Å². The molecule has 0 N–H and O–H groups in total. The van der Waals surface area contributed by atoms with Crippen molar-refractivity contribution in [3.8, 4) is 23.0 Å². The van der Waals surface area contributed by atoms with Gasteiger partial charge in [0.2, 0.25) is 5.90 Å². The molecule has 3 rings (SSSR count). The number of methoxy groups -OCH3 is 2. The number of hydrogen-bond donors (Lipinski definition) is 0. The smallest absolute Gasteiger partial charge is 0.225 e.